The highest BCUT2D eigenvalue weighted by molar-refractivity contribution is 5.79. The van der Waals surface area contributed by atoms with E-state index in [4.69, 9.17) is 5.26 Å². The van der Waals surface area contributed by atoms with Crippen molar-refractivity contribution in [1.29, 1.82) is 5.26 Å². The molecule has 3 amide bonds. The lowest BCUT2D eigenvalue weighted by Gasteiger charge is -2.61. The highest BCUT2D eigenvalue weighted by Gasteiger charge is 2.55. The third kappa shape index (κ3) is 4.03. The maximum Gasteiger partial charge on any atom is 0.417 e. The third-order valence-corrected chi connectivity index (χ3v) is 7.18. The molecular weight excluding hydrogens is 421 g/mol. The van der Waals surface area contributed by atoms with E-state index >= 15 is 0 Å². The van der Waals surface area contributed by atoms with Crippen LogP contribution in [0.2, 0.25) is 0 Å². The number of alkyl halides is 3. The highest BCUT2D eigenvalue weighted by atomic mass is 19.4. The molecule has 0 unspecified atom stereocenters. The van der Waals surface area contributed by atoms with E-state index < -0.39 is 11.7 Å². The van der Waals surface area contributed by atoms with Crippen LogP contribution in [0.25, 0.3) is 0 Å². The minimum absolute atomic E-state index is 0.00425. The number of benzene rings is 1. The Hall–Kier alpha value is -2.76. The van der Waals surface area contributed by atoms with Crippen molar-refractivity contribution in [1.82, 2.24) is 15.1 Å². The van der Waals surface area contributed by atoms with Gasteiger partial charge in [-0.25, -0.2) is 4.79 Å². The molecular formula is C23H27F3N4O2. The minimum atomic E-state index is -4.54. The number of urea groups is 1. The molecule has 0 atom stereocenters. The van der Waals surface area contributed by atoms with Gasteiger partial charge in [-0.05, 0) is 49.3 Å². The molecule has 2 aliphatic heterocycles. The lowest BCUT2D eigenvalue weighted by molar-refractivity contribution is -0.137. The normalized spacial score (nSPS) is 21.2. The number of nitriles is 1. The molecule has 1 spiro atoms. The second-order valence-electron chi connectivity index (χ2n) is 9.78. The van der Waals surface area contributed by atoms with Crippen LogP contribution in [-0.4, -0.2) is 53.5 Å². The van der Waals surface area contributed by atoms with Crippen molar-refractivity contribution >= 4 is 11.9 Å². The zero-order chi connectivity index (χ0) is 23.3. The molecule has 1 aliphatic carbocycles. The zero-order valence-corrected chi connectivity index (χ0v) is 18.3. The van der Waals surface area contributed by atoms with E-state index in [9.17, 15) is 22.8 Å². The second kappa shape index (κ2) is 7.68. The van der Waals surface area contributed by atoms with Crippen molar-refractivity contribution < 1.29 is 22.8 Å². The SMILES string of the molecule is CCC1(NC(C)=O)CN(C(=O)N2CC3(CC(Cc4ccc(C#N)c(C(F)(F)F)c4)C3)C2)C1. The van der Waals surface area contributed by atoms with E-state index in [2.05, 4.69) is 5.32 Å². The second-order valence-corrected chi connectivity index (χ2v) is 9.78. The summed E-state index contributed by atoms with van der Waals surface area (Å²) in [5, 5.41) is 11.9. The molecule has 3 fully saturated rings. The Morgan fingerprint density at radius 3 is 2.34 bits per heavy atom. The number of hydrogen-bond donors (Lipinski definition) is 1. The lowest BCUT2D eigenvalue weighted by atomic mass is 9.56. The van der Waals surface area contributed by atoms with Gasteiger partial charge in [0.2, 0.25) is 5.91 Å². The smallest absolute Gasteiger partial charge is 0.347 e. The number of hydrogen-bond acceptors (Lipinski definition) is 3. The molecule has 3 aliphatic rings. The minimum Gasteiger partial charge on any atom is -0.347 e. The van der Waals surface area contributed by atoms with Crippen LogP contribution < -0.4 is 5.32 Å². The fourth-order valence-electron chi connectivity index (χ4n) is 5.63. The Balaban J connectivity index is 1.26. The summed E-state index contributed by atoms with van der Waals surface area (Å²) in [5.41, 5.74) is -0.857. The van der Waals surface area contributed by atoms with Crippen LogP contribution in [0, 0.1) is 22.7 Å². The van der Waals surface area contributed by atoms with Crippen LogP contribution in [-0.2, 0) is 17.4 Å². The molecule has 2 saturated heterocycles. The van der Waals surface area contributed by atoms with Gasteiger partial charge in [0.15, 0.2) is 0 Å². The Morgan fingerprint density at radius 1 is 1.19 bits per heavy atom. The number of amides is 3. The largest absolute Gasteiger partial charge is 0.417 e. The molecule has 1 N–H and O–H groups in total. The van der Waals surface area contributed by atoms with Crippen LogP contribution in [0.15, 0.2) is 18.2 Å². The predicted octanol–water partition coefficient (Wildman–Crippen LogP) is 3.55. The first-order chi connectivity index (χ1) is 15.0. The van der Waals surface area contributed by atoms with Crippen LogP contribution in [0.1, 0.15) is 49.8 Å². The van der Waals surface area contributed by atoms with E-state index in [0.717, 1.165) is 25.3 Å². The number of rotatable bonds is 4. The number of nitrogens with zero attached hydrogens (tertiary/aromatic N) is 3. The standard InChI is InChI=1S/C23H27F3N4O2/c1-3-22(28-15(2)31)13-30(14-22)20(32)29-11-21(12-29)8-17(9-21)6-16-4-5-18(10-27)19(7-16)23(24,25)26/h4-5,7,17H,3,6,8-9,11-14H2,1-2H3,(H,28,31). The first kappa shape index (κ1) is 22.4. The lowest BCUT2D eigenvalue weighted by Crippen LogP contribution is -2.74. The summed E-state index contributed by atoms with van der Waals surface area (Å²) in [6.07, 6.45) is -1.44. The van der Waals surface area contributed by atoms with Crippen molar-refractivity contribution in [2.45, 2.75) is 51.2 Å². The Bertz CT molecular complexity index is 964. The van der Waals surface area contributed by atoms with Gasteiger partial charge in [0.25, 0.3) is 0 Å². The van der Waals surface area contributed by atoms with Gasteiger partial charge in [0.1, 0.15) is 0 Å². The van der Waals surface area contributed by atoms with Crippen LogP contribution in [0.4, 0.5) is 18.0 Å². The van der Waals surface area contributed by atoms with Crippen LogP contribution >= 0.6 is 0 Å². The summed E-state index contributed by atoms with van der Waals surface area (Å²) >= 11 is 0. The molecule has 9 heteroatoms. The third-order valence-electron chi connectivity index (χ3n) is 7.18. The molecule has 32 heavy (non-hydrogen) atoms. The number of carbonyl (C=O) groups is 2. The average molecular weight is 448 g/mol. The summed E-state index contributed by atoms with van der Waals surface area (Å²) < 4.78 is 39.5. The summed E-state index contributed by atoms with van der Waals surface area (Å²) in [7, 11) is 0. The van der Waals surface area contributed by atoms with Crippen molar-refractivity contribution in [3.8, 4) is 6.07 Å². The van der Waals surface area contributed by atoms with E-state index in [1.165, 1.54) is 13.0 Å². The summed E-state index contributed by atoms with van der Waals surface area (Å²) in [6, 6.07) is 5.56. The quantitative estimate of drug-likeness (QED) is 0.765. The Kier molecular flexibility index (Phi) is 5.38. The van der Waals surface area contributed by atoms with Crippen molar-refractivity contribution in [3.63, 3.8) is 0 Å². The van der Waals surface area contributed by atoms with Crippen molar-refractivity contribution in [2.75, 3.05) is 26.2 Å². The number of likely N-dealkylation sites (tertiary alicyclic amines) is 2. The van der Waals surface area contributed by atoms with Gasteiger partial charge in [0.05, 0.1) is 22.7 Å². The molecule has 2 heterocycles. The van der Waals surface area contributed by atoms with Gasteiger partial charge in [-0.2, -0.15) is 18.4 Å². The van der Waals surface area contributed by atoms with Crippen LogP contribution in [0.5, 0.6) is 0 Å². The van der Waals surface area contributed by atoms with Gasteiger partial charge in [-0.1, -0.05) is 13.0 Å². The van der Waals surface area contributed by atoms with E-state index in [1.807, 2.05) is 11.8 Å². The maximum atomic E-state index is 13.2. The molecule has 0 radical (unpaired) electrons. The monoisotopic (exact) mass is 448 g/mol. The zero-order valence-electron chi connectivity index (χ0n) is 18.3. The van der Waals surface area contributed by atoms with E-state index in [1.54, 1.807) is 17.0 Å². The van der Waals surface area contributed by atoms with Gasteiger partial charge in [-0.3, -0.25) is 4.79 Å². The van der Waals surface area contributed by atoms with E-state index in [0.29, 0.717) is 38.2 Å². The fraction of sp³-hybridized carbons (Fsp3) is 0.609. The summed E-state index contributed by atoms with van der Waals surface area (Å²) in [5.74, 6) is 0.199. The topological polar surface area (TPSA) is 76.4 Å². The predicted molar refractivity (Wildman–Crippen MR) is 110 cm³/mol. The van der Waals surface area contributed by atoms with E-state index in [-0.39, 0.29) is 34.4 Å². The first-order valence-electron chi connectivity index (χ1n) is 10.9. The van der Waals surface area contributed by atoms with Gasteiger partial charge < -0.3 is 15.1 Å². The fourth-order valence-corrected chi connectivity index (χ4v) is 5.63. The van der Waals surface area contributed by atoms with Gasteiger partial charge in [-0.15, -0.1) is 0 Å². The summed E-state index contributed by atoms with van der Waals surface area (Å²) in [4.78, 5) is 27.7. The number of halogens is 3. The number of carbonyl (C=O) groups excluding carboxylic acids is 2. The highest BCUT2D eigenvalue weighted by Crippen LogP contribution is 2.53. The Morgan fingerprint density at radius 2 is 1.81 bits per heavy atom. The molecule has 1 aromatic rings. The molecule has 1 aromatic carbocycles. The average Bonchev–Trinajstić information content (AvgIpc) is 2.63. The molecule has 0 bridgehead atoms. The molecule has 172 valence electrons. The van der Waals surface area contributed by atoms with Crippen molar-refractivity contribution in [3.05, 3.63) is 34.9 Å². The van der Waals surface area contributed by atoms with Crippen LogP contribution in [0.3, 0.4) is 0 Å². The maximum absolute atomic E-state index is 13.2. The van der Waals surface area contributed by atoms with Crippen molar-refractivity contribution in [2.24, 2.45) is 11.3 Å². The molecule has 4 rings (SSSR count). The van der Waals surface area contributed by atoms with Gasteiger partial charge in [0, 0.05) is 38.5 Å². The number of nitrogens with one attached hydrogen (secondary N) is 1. The first-order valence-corrected chi connectivity index (χ1v) is 10.9. The van der Waals surface area contributed by atoms with Gasteiger partial charge >= 0.3 is 12.2 Å². The molecule has 1 saturated carbocycles. The Labute approximate surface area is 185 Å². The molecule has 0 aromatic heterocycles. The molecule has 6 nitrogen and oxygen atoms in total. The summed E-state index contributed by atoms with van der Waals surface area (Å²) in [6.45, 7) is 5.88.